The van der Waals surface area contributed by atoms with Crippen molar-refractivity contribution in [1.29, 1.82) is 0 Å². The van der Waals surface area contributed by atoms with Crippen molar-refractivity contribution in [2.75, 3.05) is 13.7 Å². The molecule has 0 radical (unpaired) electrons. The van der Waals surface area contributed by atoms with Crippen molar-refractivity contribution in [1.82, 2.24) is 4.57 Å². The van der Waals surface area contributed by atoms with Gasteiger partial charge in [-0.05, 0) is 35.9 Å². The molecule has 6 aromatic rings. The number of esters is 1. The number of aromatic nitrogens is 1. The van der Waals surface area contributed by atoms with E-state index >= 15 is 0 Å². The van der Waals surface area contributed by atoms with Crippen LogP contribution in [0.15, 0.2) is 123 Å². The number of thiazole rings is 1. The zero-order valence-electron chi connectivity index (χ0n) is 25.8. The minimum Gasteiger partial charge on any atom is -0.496 e. The maximum atomic E-state index is 14.5. The third-order valence-electron chi connectivity index (χ3n) is 8.04. The molecule has 48 heavy (non-hydrogen) atoms. The fourth-order valence-corrected chi connectivity index (χ4v) is 6.92. The van der Waals surface area contributed by atoms with E-state index in [2.05, 4.69) is 0 Å². The summed E-state index contributed by atoms with van der Waals surface area (Å²) >= 11 is 1.16. The molecule has 0 fully saturated rings. The van der Waals surface area contributed by atoms with E-state index in [1.807, 2.05) is 66.7 Å². The van der Waals surface area contributed by atoms with Gasteiger partial charge in [-0.2, -0.15) is 0 Å². The van der Waals surface area contributed by atoms with E-state index in [0.29, 0.717) is 49.0 Å². The predicted octanol–water partition coefficient (Wildman–Crippen LogP) is 6.27. The second kappa shape index (κ2) is 12.6. The molecule has 0 saturated heterocycles. The van der Waals surface area contributed by atoms with Gasteiger partial charge in [-0.1, -0.05) is 84.1 Å². The van der Waals surface area contributed by atoms with Crippen LogP contribution >= 0.6 is 11.3 Å². The highest BCUT2D eigenvalue weighted by Gasteiger charge is 2.37. The number of ether oxygens (including phenoxy) is 2. The third kappa shape index (κ3) is 5.39. The standard InChI is InChI=1S/C37H27N3O7S/c1-3-46-36(42)32-33(23-11-5-4-6-12-23)38-37-39(34(32)31-27-15-8-7-10-22(27)16-18-29(31)45-2)35(41)30(48-37)21-26-17-19-28(47-26)24-13-9-14-25(20-24)40(43)44/h4-21,34H,3H2,1-2H3/b30-21+/t34-/m1/s1. The smallest absolute Gasteiger partial charge is 0.338 e. The maximum absolute atomic E-state index is 14.5. The Morgan fingerprint density at radius 3 is 2.54 bits per heavy atom. The molecular formula is C37H27N3O7S. The number of benzene rings is 4. The van der Waals surface area contributed by atoms with Crippen molar-refractivity contribution in [2.24, 2.45) is 4.99 Å². The lowest BCUT2D eigenvalue weighted by atomic mass is 9.89. The second-order valence-electron chi connectivity index (χ2n) is 10.8. The first-order valence-electron chi connectivity index (χ1n) is 15.1. The van der Waals surface area contributed by atoms with Gasteiger partial charge in [0.05, 0.1) is 34.4 Å². The molecule has 10 nitrogen and oxygen atoms in total. The summed E-state index contributed by atoms with van der Waals surface area (Å²) in [5.41, 5.74) is 2.00. The van der Waals surface area contributed by atoms with Gasteiger partial charge in [0.1, 0.15) is 23.3 Å². The van der Waals surface area contributed by atoms with Gasteiger partial charge in [0.15, 0.2) is 4.80 Å². The molecule has 0 N–H and O–H groups in total. The first-order chi connectivity index (χ1) is 23.4. The lowest BCUT2D eigenvalue weighted by Gasteiger charge is -2.28. The number of nitro benzene ring substituents is 1. The van der Waals surface area contributed by atoms with Gasteiger partial charge in [-0.3, -0.25) is 19.5 Å². The van der Waals surface area contributed by atoms with E-state index in [-0.39, 0.29) is 23.4 Å². The Morgan fingerprint density at radius 1 is 1.00 bits per heavy atom. The fourth-order valence-electron chi connectivity index (χ4n) is 5.94. The summed E-state index contributed by atoms with van der Waals surface area (Å²) in [4.78, 5) is 44.6. The molecule has 3 heterocycles. The predicted molar refractivity (Wildman–Crippen MR) is 182 cm³/mol. The Bertz CT molecular complexity index is 2440. The Balaban J connectivity index is 1.49. The monoisotopic (exact) mass is 657 g/mol. The molecule has 4 aromatic carbocycles. The molecule has 0 amide bonds. The molecule has 238 valence electrons. The van der Waals surface area contributed by atoms with Crippen LogP contribution in [0, 0.1) is 10.1 Å². The molecule has 0 bridgehead atoms. The summed E-state index contributed by atoms with van der Waals surface area (Å²) in [5.74, 6) is 0.681. The minimum absolute atomic E-state index is 0.0609. The Labute approximate surface area is 277 Å². The third-order valence-corrected chi connectivity index (χ3v) is 9.02. The Morgan fingerprint density at radius 2 is 1.77 bits per heavy atom. The van der Waals surface area contributed by atoms with Crippen LogP contribution in [0.4, 0.5) is 5.69 Å². The fraction of sp³-hybridized carbons (Fsp3) is 0.108. The van der Waals surface area contributed by atoms with Crippen LogP contribution in [0.5, 0.6) is 5.75 Å². The zero-order valence-corrected chi connectivity index (χ0v) is 26.6. The van der Waals surface area contributed by atoms with Crippen molar-refractivity contribution in [3.63, 3.8) is 0 Å². The molecule has 11 heteroatoms. The minimum atomic E-state index is -0.948. The van der Waals surface area contributed by atoms with E-state index in [9.17, 15) is 19.7 Å². The molecule has 0 spiro atoms. The molecular weight excluding hydrogens is 630 g/mol. The SMILES string of the molecule is CCOC(=O)C1=C(c2ccccc2)N=c2s/c(=C/c3ccc(-c4cccc([N+](=O)[O-])c4)o3)c(=O)n2[C@@H]1c1c(OC)ccc2ccccc12. The molecule has 1 aliphatic rings. The van der Waals surface area contributed by atoms with E-state index < -0.39 is 16.9 Å². The number of furan rings is 1. The largest absolute Gasteiger partial charge is 0.496 e. The van der Waals surface area contributed by atoms with Crippen molar-refractivity contribution in [2.45, 2.75) is 13.0 Å². The normalized spacial score (nSPS) is 14.5. The summed E-state index contributed by atoms with van der Waals surface area (Å²) in [6.45, 7) is 1.86. The van der Waals surface area contributed by atoms with Crippen LogP contribution in [0.3, 0.4) is 0 Å². The molecule has 0 unspecified atom stereocenters. The van der Waals surface area contributed by atoms with E-state index in [0.717, 1.165) is 22.1 Å². The van der Waals surface area contributed by atoms with Gasteiger partial charge in [0.2, 0.25) is 0 Å². The van der Waals surface area contributed by atoms with Crippen LogP contribution in [0.25, 0.3) is 33.9 Å². The van der Waals surface area contributed by atoms with Crippen molar-refractivity contribution in [3.05, 3.63) is 155 Å². The molecule has 2 aromatic heterocycles. The van der Waals surface area contributed by atoms with Gasteiger partial charge < -0.3 is 13.9 Å². The highest BCUT2D eigenvalue weighted by Crippen LogP contribution is 2.42. The summed E-state index contributed by atoms with van der Waals surface area (Å²) in [7, 11) is 1.55. The average molecular weight is 658 g/mol. The van der Waals surface area contributed by atoms with Crippen LogP contribution in [0.1, 0.15) is 29.9 Å². The van der Waals surface area contributed by atoms with E-state index in [4.69, 9.17) is 18.9 Å². The van der Waals surface area contributed by atoms with Crippen molar-refractivity contribution in [3.8, 4) is 17.1 Å². The number of carbonyl (C=O) groups excluding carboxylic acids is 1. The number of methoxy groups -OCH3 is 1. The number of rotatable bonds is 8. The van der Waals surface area contributed by atoms with Gasteiger partial charge >= 0.3 is 5.97 Å². The summed E-state index contributed by atoms with van der Waals surface area (Å²) < 4.78 is 19.4. The number of hydrogen-bond acceptors (Lipinski definition) is 9. The van der Waals surface area contributed by atoms with Gasteiger partial charge in [0.25, 0.3) is 11.2 Å². The summed E-state index contributed by atoms with van der Waals surface area (Å²) in [6.07, 6.45) is 1.61. The summed E-state index contributed by atoms with van der Waals surface area (Å²) in [6, 6.07) is 29.4. The number of fused-ring (bicyclic) bond motifs is 2. The number of hydrogen-bond donors (Lipinski definition) is 0. The van der Waals surface area contributed by atoms with Crippen molar-refractivity contribution >= 4 is 45.5 Å². The number of nitrogens with zero attached hydrogens (tertiary/aromatic N) is 3. The average Bonchev–Trinajstić information content (AvgIpc) is 3.71. The second-order valence-corrected chi connectivity index (χ2v) is 11.9. The van der Waals surface area contributed by atoms with E-state index in [1.165, 1.54) is 16.7 Å². The molecule has 1 aliphatic heterocycles. The van der Waals surface area contributed by atoms with Gasteiger partial charge in [-0.15, -0.1) is 0 Å². The van der Waals surface area contributed by atoms with Crippen LogP contribution in [-0.4, -0.2) is 29.2 Å². The van der Waals surface area contributed by atoms with Crippen LogP contribution in [0.2, 0.25) is 0 Å². The van der Waals surface area contributed by atoms with E-state index in [1.54, 1.807) is 44.4 Å². The Hall–Kier alpha value is -6.07. The molecule has 1 atom stereocenters. The molecule has 0 saturated carbocycles. The first kappa shape index (κ1) is 30.6. The van der Waals surface area contributed by atoms with Crippen LogP contribution in [-0.2, 0) is 9.53 Å². The zero-order chi connectivity index (χ0) is 33.4. The highest BCUT2D eigenvalue weighted by molar-refractivity contribution is 7.07. The topological polar surface area (TPSA) is 126 Å². The van der Waals surface area contributed by atoms with Gasteiger partial charge in [0, 0.05) is 34.9 Å². The van der Waals surface area contributed by atoms with Gasteiger partial charge in [-0.25, -0.2) is 9.79 Å². The number of nitro groups is 1. The first-order valence-corrected chi connectivity index (χ1v) is 15.9. The molecule has 7 rings (SSSR count). The quantitative estimate of drug-likeness (QED) is 0.107. The number of non-ortho nitro benzene ring substituents is 1. The highest BCUT2D eigenvalue weighted by atomic mass is 32.1. The lowest BCUT2D eigenvalue weighted by Crippen LogP contribution is -2.40. The summed E-state index contributed by atoms with van der Waals surface area (Å²) in [5, 5.41) is 13.0. The lowest BCUT2D eigenvalue weighted by molar-refractivity contribution is -0.384. The Kier molecular flexibility index (Phi) is 8.03. The number of carbonyl (C=O) groups is 1. The molecule has 0 aliphatic carbocycles. The maximum Gasteiger partial charge on any atom is 0.338 e. The van der Waals surface area contributed by atoms with Crippen LogP contribution < -0.4 is 19.6 Å². The van der Waals surface area contributed by atoms with Crippen molar-refractivity contribution < 1.29 is 23.6 Å².